The van der Waals surface area contributed by atoms with Gasteiger partial charge in [-0.25, -0.2) is 27.2 Å². The Morgan fingerprint density at radius 3 is 1.59 bits per heavy atom. The minimum absolute atomic E-state index is 0. The molecule has 4 aliphatic rings. The molecule has 2 amide bonds. The number of carbonyl (C=O) groups is 2. The highest BCUT2D eigenvalue weighted by molar-refractivity contribution is 5.71. The molecule has 2 aromatic heterocycles. The second-order valence-corrected chi connectivity index (χ2v) is 22.9. The maximum absolute atomic E-state index is 14.2. The van der Waals surface area contributed by atoms with Gasteiger partial charge in [0.2, 0.25) is 0 Å². The van der Waals surface area contributed by atoms with Crippen LogP contribution in [0.4, 0.5) is 27.2 Å². The molecule has 0 radical (unpaired) electrons. The lowest BCUT2D eigenvalue weighted by Gasteiger charge is -2.37. The smallest absolute Gasteiger partial charge is 0.410 e. The molecule has 0 aromatic carbocycles. The lowest BCUT2D eigenvalue weighted by Crippen LogP contribution is -2.38. The monoisotopic (exact) mass is 1010 g/mol. The Morgan fingerprint density at radius 2 is 1.14 bits per heavy atom. The number of halogens is 4. The summed E-state index contributed by atoms with van der Waals surface area (Å²) in [6.07, 6.45) is 7.55. The third-order valence-electron chi connectivity index (χ3n) is 13.6. The molecule has 71 heavy (non-hydrogen) atoms. The molecule has 1 N–H and O–H groups in total. The summed E-state index contributed by atoms with van der Waals surface area (Å²) >= 11 is 0. The first-order valence-electron chi connectivity index (χ1n) is 24.7. The summed E-state index contributed by atoms with van der Waals surface area (Å²) < 4.78 is 81.4. The van der Waals surface area contributed by atoms with Crippen molar-refractivity contribution < 1.29 is 51.2 Å². The van der Waals surface area contributed by atoms with E-state index in [1.165, 1.54) is 9.36 Å². The average Bonchev–Trinajstić information content (AvgIpc) is 3.92. The molecule has 0 saturated heterocycles. The maximum atomic E-state index is 14.2. The molecular weight excluding hydrogens is 925 g/mol. The van der Waals surface area contributed by atoms with Crippen molar-refractivity contribution in [2.24, 2.45) is 10.8 Å². The fourth-order valence-corrected chi connectivity index (χ4v) is 9.84. The largest absolute Gasteiger partial charge is 0.444 e. The number of ether oxygens (including phenoxy) is 4. The van der Waals surface area contributed by atoms with Gasteiger partial charge in [-0.1, -0.05) is 27.4 Å². The Bertz CT molecular complexity index is 2070. The van der Waals surface area contributed by atoms with Crippen molar-refractivity contribution in [3.8, 4) is 0 Å². The molecule has 6 rings (SSSR count). The van der Waals surface area contributed by atoms with Gasteiger partial charge in [-0.3, -0.25) is 19.2 Å². The average molecular weight is 1020 g/mol. The SMILES string of the molecule is C.CO.COCC1(C)CC=C(c2c(CN(C)CCN(C)C(=O)OC(C)(C)C)nn3c2CC(F)(F)C3)CC1.COCC1(C)CCC(c2c(CN(C)CCN(C)C(=O)OC(C)(C)C)nn3c2CC(F)(F)C3)CC1. The van der Waals surface area contributed by atoms with Crippen molar-refractivity contribution in [1.82, 2.24) is 39.2 Å². The first-order valence-corrected chi connectivity index (χ1v) is 24.7. The van der Waals surface area contributed by atoms with Gasteiger partial charge in [0, 0.05) is 91.5 Å². The lowest BCUT2D eigenvalue weighted by atomic mass is 9.70. The number of aliphatic hydroxyl groups excluding tert-OH is 1. The fraction of sp³-hybridized carbons (Fsp3) is 0.808. The highest BCUT2D eigenvalue weighted by Gasteiger charge is 2.45. The molecule has 15 nitrogen and oxygen atoms in total. The summed E-state index contributed by atoms with van der Waals surface area (Å²) in [7, 11) is 11.8. The molecule has 2 aliphatic heterocycles. The van der Waals surface area contributed by atoms with Crippen molar-refractivity contribution in [2.75, 3.05) is 88.9 Å². The summed E-state index contributed by atoms with van der Waals surface area (Å²) in [5.41, 5.74) is 5.25. The number of hydrogen-bond donors (Lipinski definition) is 1. The normalized spacial score (nSPS) is 22.3. The molecular formula is C52H90F4N8O7. The van der Waals surface area contributed by atoms with Crippen molar-refractivity contribution in [1.29, 1.82) is 0 Å². The summed E-state index contributed by atoms with van der Waals surface area (Å²) in [6.45, 7) is 19.5. The van der Waals surface area contributed by atoms with E-state index in [9.17, 15) is 27.2 Å². The van der Waals surface area contributed by atoms with Crippen LogP contribution in [-0.4, -0.2) is 168 Å². The molecule has 0 spiro atoms. The number of aliphatic hydroxyl groups is 1. The van der Waals surface area contributed by atoms with Gasteiger partial charge >= 0.3 is 12.2 Å². The number of fused-ring (bicyclic) bond motifs is 2. The summed E-state index contributed by atoms with van der Waals surface area (Å²) in [5, 5.41) is 16.3. The molecule has 408 valence electrons. The van der Waals surface area contributed by atoms with Gasteiger partial charge in [0.1, 0.15) is 24.3 Å². The number of alkyl halides is 4. The summed E-state index contributed by atoms with van der Waals surface area (Å²) in [5.74, 6) is -5.23. The second kappa shape index (κ2) is 25.0. The standard InChI is InChI=1S/C25H42F2N4O3.C25H40F2N4O3.CH4O.CH4/c2*1-23(2,3)34-22(32)30(6)13-12-29(5)15-19-21(20-14-25(26,27)16-31(20)28-19)18-8-10-24(4,11-9-18)17-33-7;1-2;/h18H,8-17H2,1-7H3;8H,9-17H2,1-7H3;2H,1H3;1H4. The zero-order valence-electron chi connectivity index (χ0n) is 45.1. The lowest BCUT2D eigenvalue weighted by molar-refractivity contribution is -0.0000568. The van der Waals surface area contributed by atoms with Crippen LogP contribution in [0.3, 0.4) is 0 Å². The predicted molar refractivity (Wildman–Crippen MR) is 270 cm³/mol. The van der Waals surface area contributed by atoms with Crippen LogP contribution in [0.2, 0.25) is 0 Å². The topological polar surface area (TPSA) is 140 Å². The van der Waals surface area contributed by atoms with Gasteiger partial charge in [0.25, 0.3) is 11.8 Å². The minimum atomic E-state index is -2.75. The second-order valence-electron chi connectivity index (χ2n) is 22.9. The molecule has 1 fully saturated rings. The van der Waals surface area contributed by atoms with E-state index in [1.807, 2.05) is 55.6 Å². The number of hydrogen-bond acceptors (Lipinski definition) is 11. The van der Waals surface area contributed by atoms with E-state index in [2.05, 4.69) is 39.9 Å². The number of aromatic nitrogens is 4. The number of allylic oxidation sites excluding steroid dienone is 2. The van der Waals surface area contributed by atoms with Crippen LogP contribution in [0.15, 0.2) is 6.08 Å². The Morgan fingerprint density at radius 1 is 0.704 bits per heavy atom. The number of rotatable bonds is 16. The van der Waals surface area contributed by atoms with Crippen LogP contribution in [0.1, 0.15) is 148 Å². The Balaban J connectivity index is 0.000000358. The molecule has 1 atom stereocenters. The van der Waals surface area contributed by atoms with Crippen molar-refractivity contribution in [3.63, 3.8) is 0 Å². The van der Waals surface area contributed by atoms with Crippen molar-refractivity contribution >= 4 is 17.8 Å². The maximum Gasteiger partial charge on any atom is 0.410 e. The molecule has 1 unspecified atom stereocenters. The Hall–Kier alpha value is -3.78. The highest BCUT2D eigenvalue weighted by Crippen LogP contribution is 2.47. The number of likely N-dealkylation sites (N-methyl/N-ethyl adjacent to an activating group) is 4. The van der Waals surface area contributed by atoms with Crippen LogP contribution in [0.5, 0.6) is 0 Å². The third-order valence-corrected chi connectivity index (χ3v) is 13.6. The number of methoxy groups -OCH3 is 2. The van der Waals surface area contributed by atoms with Gasteiger partial charge in [0.15, 0.2) is 0 Å². The van der Waals surface area contributed by atoms with E-state index < -0.39 is 23.0 Å². The predicted octanol–water partition coefficient (Wildman–Crippen LogP) is 9.52. The first kappa shape index (κ1) is 61.5. The molecule has 19 heteroatoms. The molecule has 4 heterocycles. The van der Waals surface area contributed by atoms with Crippen LogP contribution in [-0.2, 0) is 58.0 Å². The van der Waals surface area contributed by atoms with Gasteiger partial charge in [-0.15, -0.1) is 0 Å². The first-order chi connectivity index (χ1) is 32.4. The molecule has 2 aromatic rings. The van der Waals surface area contributed by atoms with E-state index in [0.717, 1.165) is 86.8 Å². The van der Waals surface area contributed by atoms with Gasteiger partial charge < -0.3 is 33.9 Å². The third kappa shape index (κ3) is 17.7. The zero-order valence-corrected chi connectivity index (χ0v) is 45.1. The van der Waals surface area contributed by atoms with E-state index in [4.69, 9.17) is 24.1 Å². The van der Waals surface area contributed by atoms with Gasteiger partial charge in [-0.05, 0) is 123 Å². The zero-order chi connectivity index (χ0) is 52.6. The Kier molecular flexibility index (Phi) is 21.6. The number of amides is 2. The van der Waals surface area contributed by atoms with Crippen molar-refractivity contribution in [3.05, 3.63) is 40.0 Å². The quantitative estimate of drug-likeness (QED) is 0.161. The molecule has 2 aliphatic carbocycles. The van der Waals surface area contributed by atoms with Gasteiger partial charge in [0.05, 0.1) is 43.1 Å². The van der Waals surface area contributed by atoms with Crippen LogP contribution < -0.4 is 0 Å². The van der Waals surface area contributed by atoms with Crippen LogP contribution >= 0.6 is 0 Å². The van der Waals surface area contributed by atoms with E-state index in [-0.39, 0.29) is 62.3 Å². The minimum Gasteiger partial charge on any atom is -0.444 e. The highest BCUT2D eigenvalue weighted by atomic mass is 19.3. The Labute approximate surface area is 422 Å². The van der Waals surface area contributed by atoms with Crippen molar-refractivity contribution in [2.45, 2.75) is 176 Å². The van der Waals surface area contributed by atoms with E-state index in [0.29, 0.717) is 57.3 Å². The van der Waals surface area contributed by atoms with Crippen LogP contribution in [0, 0.1) is 10.8 Å². The van der Waals surface area contributed by atoms with E-state index >= 15 is 0 Å². The molecule has 0 bridgehead atoms. The summed E-state index contributed by atoms with van der Waals surface area (Å²) in [6, 6.07) is 0. The fourth-order valence-electron chi connectivity index (χ4n) is 9.84. The number of carbonyl (C=O) groups excluding carboxylic acids is 2. The number of nitrogens with zero attached hydrogens (tertiary/aromatic N) is 8. The summed E-state index contributed by atoms with van der Waals surface area (Å²) in [4.78, 5) is 31.7. The molecule has 1 saturated carbocycles. The van der Waals surface area contributed by atoms with E-state index in [1.54, 1.807) is 38.1 Å². The van der Waals surface area contributed by atoms with Gasteiger partial charge in [-0.2, -0.15) is 10.2 Å². The van der Waals surface area contributed by atoms with Crippen LogP contribution in [0.25, 0.3) is 5.57 Å².